The Morgan fingerprint density at radius 2 is 1.57 bits per heavy atom. The van der Waals surface area contributed by atoms with Crippen molar-refractivity contribution in [3.8, 4) is 0 Å². The molecule has 0 unspecified atom stereocenters. The minimum atomic E-state index is -3.23. The summed E-state index contributed by atoms with van der Waals surface area (Å²) in [7, 11) is -1.90. The molecule has 23 heavy (non-hydrogen) atoms. The topological polar surface area (TPSA) is 84.0 Å². The van der Waals surface area contributed by atoms with Gasteiger partial charge in [-0.2, -0.15) is 0 Å². The zero-order valence-electron chi connectivity index (χ0n) is 13.2. The summed E-state index contributed by atoms with van der Waals surface area (Å²) in [4.78, 5) is 27.2. The molecular weight excluding hydrogens is 320 g/mol. The molecule has 1 aromatic carbocycles. The van der Waals surface area contributed by atoms with Crippen LogP contribution in [0.1, 0.15) is 5.56 Å². The monoisotopic (exact) mass is 340 g/mol. The Balaban J connectivity index is 1.92. The van der Waals surface area contributed by atoms with Crippen LogP contribution in [0.3, 0.4) is 0 Å². The second-order valence-electron chi connectivity index (χ2n) is 5.43. The number of rotatable bonds is 3. The summed E-state index contributed by atoms with van der Waals surface area (Å²) in [6.07, 6.45) is 0.976. The van der Waals surface area contributed by atoms with Crippen molar-refractivity contribution in [3.63, 3.8) is 0 Å². The Bertz CT molecular complexity index is 676. The second kappa shape index (κ2) is 6.99. The molecule has 0 spiro atoms. The molecular formula is C15H20N2O5S. The van der Waals surface area contributed by atoms with Crippen LogP contribution in [0.15, 0.2) is 29.2 Å². The van der Waals surface area contributed by atoms with Gasteiger partial charge in [-0.1, -0.05) is 12.1 Å². The number of carbonyl (C=O) groups excluding carboxylic acids is 2. The number of benzene rings is 1. The molecule has 1 heterocycles. The van der Waals surface area contributed by atoms with Crippen LogP contribution in [0.25, 0.3) is 0 Å². The standard InChI is InChI=1S/C15H20N2O5S/c1-22-15(19)17-9-7-16(8-10-17)14(18)11-12-3-5-13(6-4-12)23(2,20)21/h3-6H,7-11H2,1-2H3. The van der Waals surface area contributed by atoms with Crippen LogP contribution in [0.4, 0.5) is 4.79 Å². The molecule has 0 saturated carbocycles. The lowest BCUT2D eigenvalue weighted by Gasteiger charge is -2.33. The highest BCUT2D eigenvalue weighted by atomic mass is 32.2. The van der Waals surface area contributed by atoms with Crippen molar-refractivity contribution in [3.05, 3.63) is 29.8 Å². The van der Waals surface area contributed by atoms with Gasteiger partial charge in [-0.25, -0.2) is 13.2 Å². The van der Waals surface area contributed by atoms with Gasteiger partial charge in [-0.05, 0) is 17.7 Å². The van der Waals surface area contributed by atoms with Crippen molar-refractivity contribution in [2.45, 2.75) is 11.3 Å². The summed E-state index contributed by atoms with van der Waals surface area (Å²) in [5.41, 5.74) is 0.762. The van der Waals surface area contributed by atoms with Gasteiger partial charge >= 0.3 is 6.09 Å². The van der Waals surface area contributed by atoms with Crippen LogP contribution in [0, 0.1) is 0 Å². The summed E-state index contributed by atoms with van der Waals surface area (Å²) in [5, 5.41) is 0. The van der Waals surface area contributed by atoms with E-state index in [4.69, 9.17) is 0 Å². The highest BCUT2D eigenvalue weighted by Gasteiger charge is 2.24. The first-order valence-corrected chi connectivity index (χ1v) is 9.10. The quantitative estimate of drug-likeness (QED) is 0.802. The molecule has 0 aliphatic carbocycles. The normalized spacial score (nSPS) is 15.4. The number of carbonyl (C=O) groups is 2. The van der Waals surface area contributed by atoms with Crippen molar-refractivity contribution >= 4 is 21.8 Å². The fourth-order valence-electron chi connectivity index (χ4n) is 2.41. The second-order valence-corrected chi connectivity index (χ2v) is 7.45. The zero-order chi connectivity index (χ0) is 17.0. The predicted octanol–water partition coefficient (Wildman–Crippen LogP) is 0.543. The maximum absolute atomic E-state index is 12.3. The molecule has 8 heteroatoms. The van der Waals surface area contributed by atoms with Crippen LogP contribution in [0.5, 0.6) is 0 Å². The van der Waals surface area contributed by atoms with Crippen molar-refractivity contribution in [1.29, 1.82) is 0 Å². The highest BCUT2D eigenvalue weighted by Crippen LogP contribution is 2.12. The molecule has 0 radical (unpaired) electrons. The molecule has 2 amide bonds. The number of methoxy groups -OCH3 is 1. The van der Waals surface area contributed by atoms with Crippen molar-refractivity contribution < 1.29 is 22.7 Å². The summed E-state index contributed by atoms with van der Waals surface area (Å²) in [6.45, 7) is 1.83. The van der Waals surface area contributed by atoms with Gasteiger partial charge in [0.1, 0.15) is 0 Å². The first-order chi connectivity index (χ1) is 10.8. The maximum Gasteiger partial charge on any atom is 0.409 e. The molecule has 7 nitrogen and oxygen atoms in total. The molecule has 0 bridgehead atoms. The predicted molar refractivity (Wildman–Crippen MR) is 83.8 cm³/mol. The van der Waals surface area contributed by atoms with Gasteiger partial charge in [-0.3, -0.25) is 4.79 Å². The van der Waals surface area contributed by atoms with E-state index < -0.39 is 9.84 Å². The Labute approximate surface area is 135 Å². The van der Waals surface area contributed by atoms with E-state index in [0.717, 1.165) is 11.8 Å². The lowest BCUT2D eigenvalue weighted by molar-refractivity contribution is -0.132. The van der Waals surface area contributed by atoms with Gasteiger partial charge in [0, 0.05) is 32.4 Å². The third-order valence-corrected chi connectivity index (χ3v) is 4.90. The largest absolute Gasteiger partial charge is 0.453 e. The van der Waals surface area contributed by atoms with Crippen molar-refractivity contribution in [2.75, 3.05) is 39.5 Å². The van der Waals surface area contributed by atoms with Crippen LogP contribution < -0.4 is 0 Å². The first-order valence-electron chi connectivity index (χ1n) is 7.21. The lowest BCUT2D eigenvalue weighted by Crippen LogP contribution is -2.50. The van der Waals surface area contributed by atoms with E-state index in [0.29, 0.717) is 26.2 Å². The molecule has 1 fully saturated rings. The number of ether oxygens (including phenoxy) is 1. The first kappa shape index (κ1) is 17.3. The van der Waals surface area contributed by atoms with Crippen LogP contribution >= 0.6 is 0 Å². The minimum Gasteiger partial charge on any atom is -0.453 e. The number of amides is 2. The lowest BCUT2D eigenvalue weighted by atomic mass is 10.1. The molecule has 1 aromatic rings. The van der Waals surface area contributed by atoms with Crippen molar-refractivity contribution in [1.82, 2.24) is 9.80 Å². The molecule has 2 rings (SSSR count). The number of piperazine rings is 1. The molecule has 126 valence electrons. The van der Waals surface area contributed by atoms with Gasteiger partial charge in [0.2, 0.25) is 5.91 Å². The van der Waals surface area contributed by atoms with E-state index in [1.165, 1.54) is 19.2 Å². The van der Waals surface area contributed by atoms with Gasteiger partial charge in [0.25, 0.3) is 0 Å². The average molecular weight is 340 g/mol. The van der Waals surface area contributed by atoms with E-state index >= 15 is 0 Å². The molecule has 0 N–H and O–H groups in total. The average Bonchev–Trinajstić information content (AvgIpc) is 2.54. The summed E-state index contributed by atoms with van der Waals surface area (Å²) in [5.74, 6) is -0.0402. The van der Waals surface area contributed by atoms with Gasteiger partial charge in [0.15, 0.2) is 9.84 Å². The third kappa shape index (κ3) is 4.44. The minimum absolute atomic E-state index is 0.0402. The third-order valence-electron chi connectivity index (χ3n) is 3.77. The highest BCUT2D eigenvalue weighted by molar-refractivity contribution is 7.90. The van der Waals surface area contributed by atoms with Gasteiger partial charge < -0.3 is 14.5 Å². The Morgan fingerprint density at radius 3 is 2.04 bits per heavy atom. The molecule has 1 saturated heterocycles. The van der Waals surface area contributed by atoms with Gasteiger partial charge in [0.05, 0.1) is 18.4 Å². The van der Waals surface area contributed by atoms with Crippen molar-refractivity contribution in [2.24, 2.45) is 0 Å². The van der Waals surface area contributed by atoms with E-state index in [2.05, 4.69) is 4.74 Å². The van der Waals surface area contributed by atoms with Crippen LogP contribution in [-0.4, -0.2) is 69.8 Å². The Kier molecular flexibility index (Phi) is 5.25. The van der Waals surface area contributed by atoms with Crippen LogP contribution in [-0.2, 0) is 25.8 Å². The fraction of sp³-hybridized carbons (Fsp3) is 0.467. The van der Waals surface area contributed by atoms with E-state index in [9.17, 15) is 18.0 Å². The summed E-state index contributed by atoms with van der Waals surface area (Å²) >= 11 is 0. The zero-order valence-corrected chi connectivity index (χ0v) is 14.0. The van der Waals surface area contributed by atoms with Gasteiger partial charge in [-0.15, -0.1) is 0 Å². The summed E-state index contributed by atoms with van der Waals surface area (Å²) < 4.78 is 27.5. The van der Waals surface area contributed by atoms with Crippen LogP contribution in [0.2, 0.25) is 0 Å². The molecule has 0 atom stereocenters. The number of sulfone groups is 1. The van der Waals surface area contributed by atoms with E-state index in [-0.39, 0.29) is 23.3 Å². The SMILES string of the molecule is COC(=O)N1CCN(C(=O)Cc2ccc(S(C)(=O)=O)cc2)CC1. The molecule has 0 aromatic heterocycles. The molecule has 1 aliphatic heterocycles. The fourth-order valence-corrected chi connectivity index (χ4v) is 3.04. The summed E-state index contributed by atoms with van der Waals surface area (Å²) in [6, 6.07) is 6.32. The maximum atomic E-state index is 12.3. The Morgan fingerprint density at radius 1 is 1.04 bits per heavy atom. The Hall–Kier alpha value is -2.09. The smallest absolute Gasteiger partial charge is 0.409 e. The van der Waals surface area contributed by atoms with E-state index in [1.54, 1.807) is 21.9 Å². The van der Waals surface area contributed by atoms with E-state index in [1.807, 2.05) is 0 Å². The number of hydrogen-bond acceptors (Lipinski definition) is 5. The number of hydrogen-bond donors (Lipinski definition) is 0. The molecule has 1 aliphatic rings. The number of nitrogens with zero attached hydrogens (tertiary/aromatic N) is 2.